The van der Waals surface area contributed by atoms with E-state index < -0.39 is 0 Å². The summed E-state index contributed by atoms with van der Waals surface area (Å²) in [6.07, 6.45) is 0.459. The third-order valence-corrected chi connectivity index (χ3v) is 3.50. The zero-order valence-corrected chi connectivity index (χ0v) is 11.6. The first-order chi connectivity index (χ1) is 9.81. The van der Waals surface area contributed by atoms with Crippen molar-refractivity contribution >= 4 is 5.91 Å². The predicted molar refractivity (Wildman–Crippen MR) is 76.2 cm³/mol. The van der Waals surface area contributed by atoms with Crippen LogP contribution in [-0.2, 0) is 16.1 Å². The third-order valence-electron chi connectivity index (χ3n) is 3.50. The van der Waals surface area contributed by atoms with Gasteiger partial charge in [0.05, 0.1) is 19.3 Å². The van der Waals surface area contributed by atoms with Gasteiger partial charge in [-0.3, -0.25) is 9.69 Å². The van der Waals surface area contributed by atoms with Crippen LogP contribution in [0.2, 0.25) is 0 Å². The van der Waals surface area contributed by atoms with Crippen LogP contribution < -0.4 is 5.32 Å². The number of aliphatic hydroxyl groups excluding tert-OH is 1. The Balaban J connectivity index is 1.89. The van der Waals surface area contributed by atoms with Crippen LogP contribution in [0.5, 0.6) is 0 Å². The summed E-state index contributed by atoms with van der Waals surface area (Å²) in [4.78, 5) is 14.4. The van der Waals surface area contributed by atoms with Crippen LogP contribution in [0, 0.1) is 0 Å². The summed E-state index contributed by atoms with van der Waals surface area (Å²) in [6.45, 7) is 3.31. The molecule has 5 heteroatoms. The van der Waals surface area contributed by atoms with Crippen LogP contribution in [0.15, 0.2) is 30.3 Å². The van der Waals surface area contributed by atoms with E-state index in [1.165, 1.54) is 0 Å². The minimum Gasteiger partial charge on any atom is -0.396 e. The Morgan fingerprint density at radius 1 is 1.30 bits per heavy atom. The Kier molecular flexibility index (Phi) is 5.98. The lowest BCUT2D eigenvalue weighted by atomic mass is 10.1. The summed E-state index contributed by atoms with van der Waals surface area (Å²) >= 11 is 0. The number of hydrogen-bond acceptors (Lipinski definition) is 4. The van der Waals surface area contributed by atoms with Crippen LogP contribution in [0.3, 0.4) is 0 Å². The summed E-state index contributed by atoms with van der Waals surface area (Å²) in [7, 11) is 0. The van der Waals surface area contributed by atoms with Crippen molar-refractivity contribution in [3.05, 3.63) is 35.9 Å². The average Bonchev–Trinajstić information content (AvgIpc) is 2.52. The Morgan fingerprint density at radius 3 is 2.65 bits per heavy atom. The second-order valence-electron chi connectivity index (χ2n) is 4.88. The highest BCUT2D eigenvalue weighted by Gasteiger charge is 2.26. The van der Waals surface area contributed by atoms with E-state index in [4.69, 9.17) is 9.84 Å². The molecule has 1 aliphatic rings. The molecule has 0 radical (unpaired) electrons. The second-order valence-corrected chi connectivity index (χ2v) is 4.88. The number of ether oxygens (including phenoxy) is 1. The van der Waals surface area contributed by atoms with Gasteiger partial charge >= 0.3 is 0 Å². The van der Waals surface area contributed by atoms with Gasteiger partial charge in [-0.2, -0.15) is 0 Å². The van der Waals surface area contributed by atoms with Gasteiger partial charge in [0.1, 0.15) is 0 Å². The lowest BCUT2D eigenvalue weighted by Gasteiger charge is -2.33. The first-order valence-corrected chi connectivity index (χ1v) is 7.05. The lowest BCUT2D eigenvalue weighted by Crippen LogP contribution is -2.51. The van der Waals surface area contributed by atoms with E-state index in [0.717, 1.165) is 18.7 Å². The maximum Gasteiger partial charge on any atom is 0.237 e. The Bertz CT molecular complexity index is 405. The van der Waals surface area contributed by atoms with Gasteiger partial charge in [0.15, 0.2) is 0 Å². The number of hydrogen-bond donors (Lipinski definition) is 2. The van der Waals surface area contributed by atoms with Gasteiger partial charge in [0.25, 0.3) is 0 Å². The van der Waals surface area contributed by atoms with Gasteiger partial charge < -0.3 is 15.2 Å². The Labute approximate surface area is 119 Å². The van der Waals surface area contributed by atoms with E-state index in [2.05, 4.69) is 10.2 Å². The fraction of sp³-hybridized carbons (Fsp3) is 0.533. The summed E-state index contributed by atoms with van der Waals surface area (Å²) < 4.78 is 5.30. The molecule has 2 N–H and O–H groups in total. The predicted octanol–water partition coefficient (Wildman–Crippen LogP) is 0.386. The zero-order valence-electron chi connectivity index (χ0n) is 11.6. The summed E-state index contributed by atoms with van der Waals surface area (Å²) in [5.41, 5.74) is 1.07. The van der Waals surface area contributed by atoms with Crippen molar-refractivity contribution in [3.63, 3.8) is 0 Å². The molecule has 0 aromatic heterocycles. The summed E-state index contributed by atoms with van der Waals surface area (Å²) in [5.74, 6) is -0.0233. The topological polar surface area (TPSA) is 61.8 Å². The highest BCUT2D eigenvalue weighted by molar-refractivity contribution is 5.81. The molecule has 1 saturated heterocycles. The number of nitrogens with one attached hydrogen (secondary N) is 1. The van der Waals surface area contributed by atoms with E-state index in [1.54, 1.807) is 0 Å². The number of morpholine rings is 1. The summed E-state index contributed by atoms with van der Waals surface area (Å²) in [5, 5.41) is 12.1. The number of rotatable bonds is 6. The molecule has 1 atom stereocenters. The van der Waals surface area contributed by atoms with Crippen LogP contribution >= 0.6 is 0 Å². The van der Waals surface area contributed by atoms with Crippen molar-refractivity contribution in [1.82, 2.24) is 10.2 Å². The fourth-order valence-electron chi connectivity index (χ4n) is 2.39. The normalized spacial score (nSPS) is 17.6. The van der Waals surface area contributed by atoms with Gasteiger partial charge in [0.2, 0.25) is 5.91 Å². The number of benzene rings is 1. The Hall–Kier alpha value is -1.43. The number of amides is 1. The van der Waals surface area contributed by atoms with Gasteiger partial charge in [-0.05, 0) is 12.0 Å². The number of nitrogens with zero attached hydrogens (tertiary/aromatic N) is 1. The van der Waals surface area contributed by atoms with Crippen molar-refractivity contribution in [2.75, 3.05) is 32.9 Å². The molecule has 1 aromatic rings. The first kappa shape index (κ1) is 15.0. The summed E-state index contributed by atoms with van der Waals surface area (Å²) in [6, 6.07) is 9.55. The quantitative estimate of drug-likeness (QED) is 0.790. The number of carbonyl (C=O) groups excluding carboxylic acids is 1. The minimum absolute atomic E-state index is 0.0147. The van der Waals surface area contributed by atoms with Crippen LogP contribution in [0.25, 0.3) is 0 Å². The van der Waals surface area contributed by atoms with Crippen molar-refractivity contribution in [2.45, 2.75) is 19.0 Å². The van der Waals surface area contributed by atoms with Crippen LogP contribution in [0.1, 0.15) is 12.0 Å². The molecule has 0 saturated carbocycles. The lowest BCUT2D eigenvalue weighted by molar-refractivity contribution is -0.129. The molecule has 1 aromatic carbocycles. The third kappa shape index (κ3) is 4.30. The highest BCUT2D eigenvalue weighted by Crippen LogP contribution is 2.08. The molecule has 1 unspecified atom stereocenters. The number of aliphatic hydroxyl groups is 1. The molecule has 1 fully saturated rings. The van der Waals surface area contributed by atoms with E-state index in [0.29, 0.717) is 26.2 Å². The average molecular weight is 278 g/mol. The van der Waals surface area contributed by atoms with E-state index in [1.807, 2.05) is 30.3 Å². The molecular weight excluding hydrogens is 256 g/mol. The van der Waals surface area contributed by atoms with Gasteiger partial charge in [-0.25, -0.2) is 0 Å². The zero-order chi connectivity index (χ0) is 14.2. The molecule has 110 valence electrons. The molecule has 0 aliphatic carbocycles. The fourth-order valence-corrected chi connectivity index (χ4v) is 2.39. The molecule has 1 heterocycles. The second kappa shape index (κ2) is 7.99. The standard InChI is InChI=1S/C15H22N2O3/c18-9-6-14(17-7-10-20-11-8-17)15(19)16-12-13-4-2-1-3-5-13/h1-5,14,18H,6-12H2,(H,16,19). The van der Waals surface area contributed by atoms with Crippen molar-refractivity contribution in [2.24, 2.45) is 0 Å². The molecule has 20 heavy (non-hydrogen) atoms. The monoisotopic (exact) mass is 278 g/mol. The largest absolute Gasteiger partial charge is 0.396 e. The molecule has 1 amide bonds. The number of carbonyl (C=O) groups is 1. The molecule has 1 aliphatic heterocycles. The van der Waals surface area contributed by atoms with Crippen molar-refractivity contribution < 1.29 is 14.6 Å². The molecule has 0 bridgehead atoms. The van der Waals surface area contributed by atoms with Crippen LogP contribution in [-0.4, -0.2) is 54.9 Å². The van der Waals surface area contributed by atoms with Crippen LogP contribution in [0.4, 0.5) is 0 Å². The molecule has 5 nitrogen and oxygen atoms in total. The van der Waals surface area contributed by atoms with E-state index in [9.17, 15) is 4.79 Å². The first-order valence-electron chi connectivity index (χ1n) is 7.05. The van der Waals surface area contributed by atoms with Crippen molar-refractivity contribution in [1.29, 1.82) is 0 Å². The Morgan fingerprint density at radius 2 is 2.00 bits per heavy atom. The maximum absolute atomic E-state index is 12.3. The molecular formula is C15H22N2O3. The minimum atomic E-state index is -0.271. The maximum atomic E-state index is 12.3. The van der Waals surface area contributed by atoms with Crippen molar-refractivity contribution in [3.8, 4) is 0 Å². The highest BCUT2D eigenvalue weighted by atomic mass is 16.5. The van der Waals surface area contributed by atoms with Gasteiger partial charge in [-0.15, -0.1) is 0 Å². The van der Waals surface area contributed by atoms with E-state index in [-0.39, 0.29) is 18.6 Å². The van der Waals surface area contributed by atoms with E-state index >= 15 is 0 Å². The van der Waals surface area contributed by atoms with Gasteiger partial charge in [0, 0.05) is 26.2 Å². The smallest absolute Gasteiger partial charge is 0.237 e. The molecule has 0 spiro atoms. The SMILES string of the molecule is O=C(NCc1ccccc1)C(CCO)N1CCOCC1. The van der Waals surface area contributed by atoms with Gasteiger partial charge in [-0.1, -0.05) is 30.3 Å². The molecule has 2 rings (SSSR count).